The SMILES string of the molecule is O=C(CN1CC[C@H](c2ccccc2)C1)NCc1nncn1C1CCCCC1. The van der Waals surface area contributed by atoms with Crippen molar-refractivity contribution in [3.8, 4) is 0 Å². The van der Waals surface area contributed by atoms with Crippen LogP contribution >= 0.6 is 0 Å². The van der Waals surface area contributed by atoms with E-state index >= 15 is 0 Å². The van der Waals surface area contributed by atoms with Crippen LogP contribution in [-0.4, -0.2) is 45.2 Å². The van der Waals surface area contributed by atoms with Crippen LogP contribution in [0.4, 0.5) is 0 Å². The molecule has 0 radical (unpaired) electrons. The summed E-state index contributed by atoms with van der Waals surface area (Å²) in [7, 11) is 0. The molecule has 1 saturated carbocycles. The van der Waals surface area contributed by atoms with Crippen LogP contribution in [-0.2, 0) is 11.3 Å². The molecular weight excluding hydrogens is 338 g/mol. The molecule has 2 aromatic rings. The third-order valence-corrected chi connectivity index (χ3v) is 5.97. The number of nitrogens with one attached hydrogen (secondary N) is 1. The molecule has 144 valence electrons. The van der Waals surface area contributed by atoms with Gasteiger partial charge in [0.2, 0.25) is 5.91 Å². The van der Waals surface area contributed by atoms with Crippen molar-refractivity contribution in [2.75, 3.05) is 19.6 Å². The molecule has 27 heavy (non-hydrogen) atoms. The molecule has 0 spiro atoms. The van der Waals surface area contributed by atoms with Gasteiger partial charge in [0, 0.05) is 12.6 Å². The van der Waals surface area contributed by atoms with Crippen LogP contribution in [0, 0.1) is 0 Å². The molecule has 1 saturated heterocycles. The predicted octanol–water partition coefficient (Wildman–Crippen LogP) is 2.89. The van der Waals surface area contributed by atoms with E-state index in [9.17, 15) is 4.79 Å². The van der Waals surface area contributed by atoms with Crippen molar-refractivity contribution in [3.63, 3.8) is 0 Å². The topological polar surface area (TPSA) is 63.1 Å². The summed E-state index contributed by atoms with van der Waals surface area (Å²) in [4.78, 5) is 14.7. The van der Waals surface area contributed by atoms with Crippen LogP contribution in [0.3, 0.4) is 0 Å². The Bertz CT molecular complexity index is 738. The zero-order chi connectivity index (χ0) is 18.5. The average molecular weight is 367 g/mol. The molecule has 2 fully saturated rings. The molecule has 2 heterocycles. The highest BCUT2D eigenvalue weighted by atomic mass is 16.2. The molecule has 1 N–H and O–H groups in total. The quantitative estimate of drug-likeness (QED) is 0.853. The number of amides is 1. The first kappa shape index (κ1) is 18.2. The van der Waals surface area contributed by atoms with Gasteiger partial charge >= 0.3 is 0 Å². The second-order valence-corrected chi connectivity index (χ2v) is 7.85. The lowest BCUT2D eigenvalue weighted by Gasteiger charge is -2.24. The summed E-state index contributed by atoms with van der Waals surface area (Å²) in [5.41, 5.74) is 1.38. The van der Waals surface area contributed by atoms with Crippen LogP contribution in [0.25, 0.3) is 0 Å². The molecule has 1 aliphatic heterocycles. The molecule has 1 aromatic carbocycles. The molecule has 1 amide bonds. The number of carbonyl (C=O) groups is 1. The molecule has 0 unspecified atom stereocenters. The summed E-state index contributed by atoms with van der Waals surface area (Å²) in [5.74, 6) is 1.48. The average Bonchev–Trinajstić information content (AvgIpc) is 3.37. The van der Waals surface area contributed by atoms with Gasteiger partial charge in [0.05, 0.1) is 13.1 Å². The molecule has 6 heteroatoms. The summed E-state index contributed by atoms with van der Waals surface area (Å²) in [6, 6.07) is 11.1. The molecule has 1 aliphatic carbocycles. The monoisotopic (exact) mass is 367 g/mol. The Morgan fingerprint density at radius 2 is 1.93 bits per heavy atom. The van der Waals surface area contributed by atoms with Crippen LogP contribution in [0.2, 0.25) is 0 Å². The Labute approximate surface area is 161 Å². The van der Waals surface area contributed by atoms with Crippen molar-refractivity contribution in [2.45, 2.75) is 57.0 Å². The number of rotatable bonds is 6. The molecular formula is C21H29N5O. The first-order valence-electron chi connectivity index (χ1n) is 10.2. The van der Waals surface area contributed by atoms with E-state index in [2.05, 4.69) is 55.3 Å². The van der Waals surface area contributed by atoms with Gasteiger partial charge in [0.15, 0.2) is 5.82 Å². The number of likely N-dealkylation sites (tertiary alicyclic amines) is 1. The maximum Gasteiger partial charge on any atom is 0.234 e. The normalized spacial score (nSPS) is 21.4. The highest BCUT2D eigenvalue weighted by Crippen LogP contribution is 2.28. The van der Waals surface area contributed by atoms with Crippen LogP contribution in [0.15, 0.2) is 36.7 Å². The van der Waals surface area contributed by atoms with Gasteiger partial charge in [-0.1, -0.05) is 49.6 Å². The van der Waals surface area contributed by atoms with Gasteiger partial charge in [0.25, 0.3) is 0 Å². The van der Waals surface area contributed by atoms with Gasteiger partial charge in [-0.25, -0.2) is 0 Å². The molecule has 4 rings (SSSR count). The zero-order valence-corrected chi connectivity index (χ0v) is 15.9. The lowest BCUT2D eigenvalue weighted by atomic mass is 9.95. The van der Waals surface area contributed by atoms with E-state index in [-0.39, 0.29) is 5.91 Å². The van der Waals surface area contributed by atoms with E-state index in [0.29, 0.717) is 25.0 Å². The first-order valence-corrected chi connectivity index (χ1v) is 10.2. The number of nitrogens with zero attached hydrogens (tertiary/aromatic N) is 4. The smallest absolute Gasteiger partial charge is 0.234 e. The minimum absolute atomic E-state index is 0.0712. The van der Waals surface area contributed by atoms with Gasteiger partial charge in [-0.3, -0.25) is 9.69 Å². The summed E-state index contributed by atoms with van der Waals surface area (Å²) in [6.07, 6.45) is 9.18. The van der Waals surface area contributed by atoms with E-state index < -0.39 is 0 Å². The lowest BCUT2D eigenvalue weighted by molar-refractivity contribution is -0.122. The number of carbonyl (C=O) groups excluding carboxylic acids is 1. The van der Waals surface area contributed by atoms with Crippen molar-refractivity contribution < 1.29 is 4.79 Å². The molecule has 2 aliphatic rings. The number of hydrogen-bond donors (Lipinski definition) is 1. The maximum absolute atomic E-state index is 12.4. The standard InChI is InChI=1S/C21H29N5O/c27-21(15-25-12-11-18(14-25)17-7-3-1-4-8-17)22-13-20-24-23-16-26(20)19-9-5-2-6-10-19/h1,3-4,7-8,16,18-19H,2,5-6,9-15H2,(H,22,27)/t18-/m0/s1. The fraction of sp³-hybridized carbons (Fsp3) is 0.571. The largest absolute Gasteiger partial charge is 0.348 e. The second kappa shape index (κ2) is 8.65. The van der Waals surface area contributed by atoms with E-state index in [1.54, 1.807) is 0 Å². The van der Waals surface area contributed by atoms with Gasteiger partial charge < -0.3 is 9.88 Å². The summed E-state index contributed by atoms with van der Waals surface area (Å²) in [6.45, 7) is 2.85. The van der Waals surface area contributed by atoms with Gasteiger partial charge in [-0.05, 0) is 37.3 Å². The first-order chi connectivity index (χ1) is 13.3. The molecule has 6 nitrogen and oxygen atoms in total. The highest BCUT2D eigenvalue weighted by molar-refractivity contribution is 5.78. The minimum Gasteiger partial charge on any atom is -0.348 e. The predicted molar refractivity (Wildman–Crippen MR) is 104 cm³/mol. The number of hydrogen-bond acceptors (Lipinski definition) is 4. The zero-order valence-electron chi connectivity index (χ0n) is 15.9. The summed E-state index contributed by atoms with van der Waals surface area (Å²) >= 11 is 0. The minimum atomic E-state index is 0.0712. The summed E-state index contributed by atoms with van der Waals surface area (Å²) < 4.78 is 2.17. The Hall–Kier alpha value is -2.21. The van der Waals surface area contributed by atoms with Crippen molar-refractivity contribution in [2.24, 2.45) is 0 Å². The second-order valence-electron chi connectivity index (χ2n) is 7.85. The third kappa shape index (κ3) is 4.56. The Morgan fingerprint density at radius 1 is 1.11 bits per heavy atom. The highest BCUT2D eigenvalue weighted by Gasteiger charge is 2.25. The Kier molecular flexibility index (Phi) is 5.82. The fourth-order valence-corrected chi connectivity index (χ4v) is 4.47. The fourth-order valence-electron chi connectivity index (χ4n) is 4.47. The number of aromatic nitrogens is 3. The van der Waals surface area contributed by atoms with Gasteiger partial charge in [-0.2, -0.15) is 0 Å². The van der Waals surface area contributed by atoms with E-state index in [4.69, 9.17) is 0 Å². The lowest BCUT2D eigenvalue weighted by Crippen LogP contribution is -2.36. The van der Waals surface area contributed by atoms with Crippen LogP contribution in [0.5, 0.6) is 0 Å². The van der Waals surface area contributed by atoms with Crippen molar-refractivity contribution in [1.82, 2.24) is 25.0 Å². The van der Waals surface area contributed by atoms with Crippen LogP contribution in [0.1, 0.15) is 61.9 Å². The molecule has 1 atom stereocenters. The Balaban J connectivity index is 1.25. The van der Waals surface area contributed by atoms with E-state index in [0.717, 1.165) is 25.3 Å². The van der Waals surface area contributed by atoms with Crippen molar-refractivity contribution in [3.05, 3.63) is 48.0 Å². The third-order valence-electron chi connectivity index (χ3n) is 5.97. The van der Waals surface area contributed by atoms with Gasteiger partial charge in [-0.15, -0.1) is 10.2 Å². The van der Waals surface area contributed by atoms with E-state index in [1.165, 1.54) is 37.7 Å². The van der Waals surface area contributed by atoms with Crippen molar-refractivity contribution >= 4 is 5.91 Å². The molecule has 0 bridgehead atoms. The van der Waals surface area contributed by atoms with Gasteiger partial charge in [0.1, 0.15) is 6.33 Å². The van der Waals surface area contributed by atoms with Crippen LogP contribution < -0.4 is 5.32 Å². The Morgan fingerprint density at radius 3 is 2.74 bits per heavy atom. The van der Waals surface area contributed by atoms with Crippen molar-refractivity contribution in [1.29, 1.82) is 0 Å². The summed E-state index contributed by atoms with van der Waals surface area (Å²) in [5, 5.41) is 11.3. The maximum atomic E-state index is 12.4. The van der Waals surface area contributed by atoms with E-state index in [1.807, 2.05) is 6.33 Å². The number of benzene rings is 1. The molecule has 1 aromatic heterocycles.